The summed E-state index contributed by atoms with van der Waals surface area (Å²) in [5.41, 5.74) is 1.27. The van der Waals surface area contributed by atoms with Gasteiger partial charge in [-0.3, -0.25) is 9.59 Å². The Bertz CT molecular complexity index is 980. The van der Waals surface area contributed by atoms with Gasteiger partial charge in [0.15, 0.2) is 11.5 Å². The molecule has 1 saturated heterocycles. The second-order valence-electron chi connectivity index (χ2n) is 8.01. The molecule has 1 atom stereocenters. The van der Waals surface area contributed by atoms with Crippen LogP contribution in [0.2, 0.25) is 0 Å². The highest BCUT2D eigenvalue weighted by Gasteiger charge is 2.36. The first kappa shape index (κ1) is 25.1. The van der Waals surface area contributed by atoms with Crippen molar-refractivity contribution in [2.45, 2.75) is 38.1 Å². The fourth-order valence-electron chi connectivity index (χ4n) is 4.08. The number of benzene rings is 2. The maximum atomic E-state index is 13.1. The van der Waals surface area contributed by atoms with Gasteiger partial charge < -0.3 is 23.8 Å². The molecule has 34 heavy (non-hydrogen) atoms. The summed E-state index contributed by atoms with van der Waals surface area (Å²) in [5, 5.41) is 0. The van der Waals surface area contributed by atoms with Crippen molar-refractivity contribution in [3.63, 3.8) is 0 Å². The summed E-state index contributed by atoms with van der Waals surface area (Å²) in [6.45, 7) is 0.575. The number of Topliss-reactive ketones (excluding diaryl/α,β-unsaturated/α-hetero) is 1. The molecule has 8 nitrogen and oxygen atoms in total. The van der Waals surface area contributed by atoms with Gasteiger partial charge in [-0.2, -0.15) is 0 Å². The minimum atomic E-state index is -0.774. The summed E-state index contributed by atoms with van der Waals surface area (Å²) in [6.07, 6.45) is 3.44. The first-order valence-corrected chi connectivity index (χ1v) is 11.4. The molecule has 0 aromatic heterocycles. The zero-order valence-corrected chi connectivity index (χ0v) is 19.9. The molecule has 1 unspecified atom stereocenters. The van der Waals surface area contributed by atoms with E-state index in [2.05, 4.69) is 0 Å². The van der Waals surface area contributed by atoms with Crippen molar-refractivity contribution in [2.24, 2.45) is 0 Å². The second kappa shape index (κ2) is 12.1. The van der Waals surface area contributed by atoms with Crippen molar-refractivity contribution < 1.29 is 33.3 Å². The number of amides is 1. The van der Waals surface area contributed by atoms with E-state index in [9.17, 15) is 14.4 Å². The number of esters is 1. The number of likely N-dealkylation sites (tertiary alicyclic amines) is 1. The van der Waals surface area contributed by atoms with Crippen LogP contribution in [0.4, 0.5) is 0 Å². The van der Waals surface area contributed by atoms with Gasteiger partial charge in [0.2, 0.25) is 5.75 Å². The Kier molecular flexibility index (Phi) is 8.90. The quantitative estimate of drug-likeness (QED) is 0.228. The first-order valence-electron chi connectivity index (χ1n) is 11.4. The predicted molar refractivity (Wildman–Crippen MR) is 126 cm³/mol. The van der Waals surface area contributed by atoms with Crippen molar-refractivity contribution in [1.29, 1.82) is 0 Å². The van der Waals surface area contributed by atoms with Crippen molar-refractivity contribution in [3.8, 4) is 17.2 Å². The summed E-state index contributed by atoms with van der Waals surface area (Å²) < 4.78 is 21.3. The molecule has 1 heterocycles. The lowest BCUT2D eigenvalue weighted by molar-refractivity contribution is -0.155. The summed E-state index contributed by atoms with van der Waals surface area (Å²) >= 11 is 0. The second-order valence-corrected chi connectivity index (χ2v) is 8.01. The smallest absolute Gasteiger partial charge is 0.328 e. The number of hydrogen-bond acceptors (Lipinski definition) is 7. The third-order valence-electron chi connectivity index (χ3n) is 5.85. The van der Waals surface area contributed by atoms with Crippen LogP contribution in [0, 0.1) is 0 Å². The molecule has 2 aromatic carbocycles. The molecule has 1 aliphatic heterocycles. The van der Waals surface area contributed by atoms with Crippen molar-refractivity contribution in [1.82, 2.24) is 4.90 Å². The maximum Gasteiger partial charge on any atom is 0.328 e. The lowest BCUT2D eigenvalue weighted by Crippen LogP contribution is -2.51. The minimum absolute atomic E-state index is 0.0973. The highest BCUT2D eigenvalue weighted by Crippen LogP contribution is 2.38. The average Bonchev–Trinajstić information content (AvgIpc) is 2.89. The highest BCUT2D eigenvalue weighted by atomic mass is 16.5. The molecular weight excluding hydrogens is 438 g/mol. The van der Waals surface area contributed by atoms with Gasteiger partial charge in [0.05, 0.1) is 27.9 Å². The third-order valence-corrected chi connectivity index (χ3v) is 5.85. The molecule has 2 aromatic rings. The van der Waals surface area contributed by atoms with E-state index in [0.29, 0.717) is 31.6 Å². The molecule has 0 saturated carbocycles. The normalized spacial score (nSPS) is 15.4. The standard InChI is InChI=1S/C26H31NO7/c1-31-21-16-19(17-22(32-2)24(21)33-3)23(28)25(29)27-14-8-7-13-20(27)26(30)34-15-9-12-18-10-5-4-6-11-18/h4-6,10-11,16-17,20H,7-9,12-15H2,1-3H3. The number of ketones is 1. The van der Waals surface area contributed by atoms with Gasteiger partial charge in [-0.15, -0.1) is 0 Å². The van der Waals surface area contributed by atoms with Crippen LogP contribution in [0.3, 0.4) is 0 Å². The van der Waals surface area contributed by atoms with Gasteiger partial charge in [-0.05, 0) is 49.8 Å². The fraction of sp³-hybridized carbons (Fsp3) is 0.423. The summed E-state index contributed by atoms with van der Waals surface area (Å²) in [6, 6.07) is 12.0. The van der Waals surface area contributed by atoms with E-state index in [-0.39, 0.29) is 23.7 Å². The Morgan fingerprint density at radius 1 is 0.941 bits per heavy atom. The topological polar surface area (TPSA) is 91.4 Å². The number of methoxy groups -OCH3 is 3. The SMILES string of the molecule is COc1cc(C(=O)C(=O)N2CCCCC2C(=O)OCCCc2ccccc2)cc(OC)c1OC. The van der Waals surface area contributed by atoms with Gasteiger partial charge in [-0.25, -0.2) is 4.79 Å². The maximum absolute atomic E-state index is 13.1. The zero-order valence-electron chi connectivity index (χ0n) is 19.9. The van der Waals surface area contributed by atoms with E-state index in [0.717, 1.165) is 12.8 Å². The van der Waals surface area contributed by atoms with Gasteiger partial charge in [-0.1, -0.05) is 30.3 Å². The lowest BCUT2D eigenvalue weighted by Gasteiger charge is -2.33. The molecule has 0 bridgehead atoms. The predicted octanol–water partition coefficient (Wildman–Crippen LogP) is 3.45. The summed E-state index contributed by atoms with van der Waals surface area (Å²) in [5.74, 6) is -1.11. The number of hydrogen-bond donors (Lipinski definition) is 0. The highest BCUT2D eigenvalue weighted by molar-refractivity contribution is 6.43. The van der Waals surface area contributed by atoms with Crippen LogP contribution in [-0.4, -0.2) is 63.1 Å². The number of nitrogens with zero attached hydrogens (tertiary/aromatic N) is 1. The van der Waals surface area contributed by atoms with Crippen LogP contribution in [0.1, 0.15) is 41.6 Å². The zero-order chi connectivity index (χ0) is 24.5. The van der Waals surface area contributed by atoms with Gasteiger partial charge in [0.1, 0.15) is 6.04 Å². The monoisotopic (exact) mass is 469 g/mol. The Balaban J connectivity index is 1.67. The van der Waals surface area contributed by atoms with Crippen molar-refractivity contribution in [2.75, 3.05) is 34.5 Å². The molecule has 8 heteroatoms. The van der Waals surface area contributed by atoms with Gasteiger partial charge in [0, 0.05) is 12.1 Å². The van der Waals surface area contributed by atoms with E-state index >= 15 is 0 Å². The van der Waals surface area contributed by atoms with E-state index in [4.69, 9.17) is 18.9 Å². The van der Waals surface area contributed by atoms with Crippen LogP contribution in [-0.2, 0) is 20.7 Å². The van der Waals surface area contributed by atoms with Crippen molar-refractivity contribution >= 4 is 17.7 Å². The molecule has 0 radical (unpaired) electrons. The van der Waals surface area contributed by atoms with Gasteiger partial charge in [0.25, 0.3) is 11.7 Å². The number of aryl methyl sites for hydroxylation is 1. The minimum Gasteiger partial charge on any atom is -0.493 e. The fourth-order valence-corrected chi connectivity index (χ4v) is 4.08. The molecule has 0 aliphatic carbocycles. The molecule has 1 fully saturated rings. The number of piperidine rings is 1. The van der Waals surface area contributed by atoms with Crippen LogP contribution >= 0.6 is 0 Å². The van der Waals surface area contributed by atoms with Crippen LogP contribution < -0.4 is 14.2 Å². The Morgan fingerprint density at radius 2 is 1.62 bits per heavy atom. The summed E-state index contributed by atoms with van der Waals surface area (Å²) in [4.78, 5) is 40.3. The molecule has 3 rings (SSSR count). The van der Waals surface area contributed by atoms with E-state index in [1.807, 2.05) is 30.3 Å². The Morgan fingerprint density at radius 3 is 2.24 bits per heavy atom. The number of rotatable bonds is 10. The number of carbonyl (C=O) groups is 3. The largest absolute Gasteiger partial charge is 0.493 e. The third kappa shape index (κ3) is 5.87. The van der Waals surface area contributed by atoms with E-state index in [1.165, 1.54) is 43.9 Å². The van der Waals surface area contributed by atoms with Gasteiger partial charge >= 0.3 is 5.97 Å². The molecule has 0 N–H and O–H groups in total. The lowest BCUT2D eigenvalue weighted by atomic mass is 10.00. The molecule has 1 aliphatic rings. The number of ether oxygens (including phenoxy) is 4. The molecule has 0 spiro atoms. The summed E-state index contributed by atoms with van der Waals surface area (Å²) in [7, 11) is 4.32. The van der Waals surface area contributed by atoms with Crippen LogP contribution in [0.15, 0.2) is 42.5 Å². The Labute approximate surface area is 199 Å². The van der Waals surface area contributed by atoms with Crippen LogP contribution in [0.25, 0.3) is 0 Å². The number of carbonyl (C=O) groups excluding carboxylic acids is 3. The molecule has 182 valence electrons. The molecular formula is C26H31NO7. The van der Waals surface area contributed by atoms with Crippen molar-refractivity contribution in [3.05, 3.63) is 53.6 Å². The van der Waals surface area contributed by atoms with Crippen LogP contribution in [0.5, 0.6) is 17.2 Å². The average molecular weight is 470 g/mol. The van der Waals surface area contributed by atoms with E-state index < -0.39 is 23.7 Å². The molecule has 1 amide bonds. The van der Waals surface area contributed by atoms with E-state index in [1.54, 1.807) is 0 Å². The first-order chi connectivity index (χ1) is 16.5. The Hall–Kier alpha value is -3.55.